The van der Waals surface area contributed by atoms with Crippen LogP contribution in [0.4, 0.5) is 0 Å². The van der Waals surface area contributed by atoms with Crippen LogP contribution in [0.25, 0.3) is 0 Å². The molecule has 1 unspecified atom stereocenters. The topological polar surface area (TPSA) is 40.2 Å². The van der Waals surface area contributed by atoms with Gasteiger partial charge in [0.1, 0.15) is 5.75 Å². The van der Waals surface area contributed by atoms with Crippen LogP contribution in [0.1, 0.15) is 43.1 Å². The van der Waals surface area contributed by atoms with E-state index in [1.54, 1.807) is 7.11 Å². The molecule has 1 aromatic carbocycles. The van der Waals surface area contributed by atoms with E-state index in [4.69, 9.17) is 10.5 Å². The van der Waals surface area contributed by atoms with Gasteiger partial charge >= 0.3 is 0 Å². The third-order valence-electron chi connectivity index (χ3n) is 4.44. The van der Waals surface area contributed by atoms with Crippen molar-refractivity contribution in [3.63, 3.8) is 0 Å². The minimum absolute atomic E-state index is 0.167. The molecule has 0 radical (unpaired) electrons. The van der Waals surface area contributed by atoms with Crippen LogP contribution in [0.5, 0.6) is 5.75 Å². The third-order valence-corrected chi connectivity index (χ3v) is 4.44. The number of rotatable bonds is 3. The molecule has 0 saturated heterocycles. The number of ether oxygens (including phenoxy) is 1. The monoisotopic (exact) mass is 284 g/mol. The summed E-state index contributed by atoms with van der Waals surface area (Å²) in [5.74, 6) is 0.899. The average Bonchev–Trinajstić information content (AvgIpc) is 2.81. The second-order valence-corrected chi connectivity index (χ2v) is 6.85. The first-order chi connectivity index (χ1) is 9.98. The molecule has 1 aliphatic carbocycles. The highest BCUT2D eigenvalue weighted by atomic mass is 16.5. The summed E-state index contributed by atoms with van der Waals surface area (Å²) >= 11 is 0. The van der Waals surface area contributed by atoms with Crippen LogP contribution >= 0.6 is 0 Å². The normalized spacial score (nSPS) is 20.1. The van der Waals surface area contributed by atoms with Crippen LogP contribution in [0.2, 0.25) is 0 Å². The molecule has 0 bridgehead atoms. The van der Waals surface area contributed by atoms with Crippen LogP contribution < -0.4 is 10.5 Å². The molecule has 2 N–H and O–H groups in total. The Morgan fingerprint density at radius 1 is 1.24 bits per heavy atom. The standard InChI is InChI=1S/C18H24N2O/c1-18(2)10-16(19)15-8-9-20(17(15)11-18)12-13-4-6-14(21-3)7-5-13/h4-9,16H,10-12,19H2,1-3H3. The number of benzene rings is 1. The molecule has 112 valence electrons. The van der Waals surface area contributed by atoms with Gasteiger partial charge in [0.25, 0.3) is 0 Å². The largest absolute Gasteiger partial charge is 0.497 e. The Hall–Kier alpha value is -1.74. The van der Waals surface area contributed by atoms with Crippen LogP contribution in [-0.2, 0) is 13.0 Å². The highest BCUT2D eigenvalue weighted by Crippen LogP contribution is 2.40. The molecule has 3 nitrogen and oxygen atoms in total. The van der Waals surface area contributed by atoms with Crippen molar-refractivity contribution in [3.8, 4) is 5.75 Å². The molecular formula is C18H24N2O. The van der Waals surface area contributed by atoms with Crippen LogP contribution in [0, 0.1) is 5.41 Å². The summed E-state index contributed by atoms with van der Waals surface area (Å²) in [5, 5.41) is 0. The van der Waals surface area contributed by atoms with Gasteiger partial charge in [-0.05, 0) is 47.6 Å². The van der Waals surface area contributed by atoms with Crippen LogP contribution in [0.15, 0.2) is 36.5 Å². The van der Waals surface area contributed by atoms with Gasteiger partial charge in [-0.15, -0.1) is 0 Å². The van der Waals surface area contributed by atoms with Gasteiger partial charge in [-0.1, -0.05) is 26.0 Å². The van der Waals surface area contributed by atoms with Crippen molar-refractivity contribution >= 4 is 0 Å². The molecule has 1 atom stereocenters. The number of hydrogen-bond donors (Lipinski definition) is 1. The number of nitrogens with two attached hydrogens (primary N) is 1. The van der Waals surface area contributed by atoms with E-state index in [0.717, 1.165) is 25.1 Å². The highest BCUT2D eigenvalue weighted by molar-refractivity contribution is 5.32. The Labute approximate surface area is 126 Å². The van der Waals surface area contributed by atoms with Crippen LogP contribution in [-0.4, -0.2) is 11.7 Å². The fraction of sp³-hybridized carbons (Fsp3) is 0.444. The summed E-state index contributed by atoms with van der Waals surface area (Å²) in [7, 11) is 1.70. The lowest BCUT2D eigenvalue weighted by Gasteiger charge is -2.34. The van der Waals surface area contributed by atoms with E-state index < -0.39 is 0 Å². The molecule has 3 heteroatoms. The molecule has 0 aliphatic heterocycles. The van der Waals surface area contributed by atoms with Gasteiger partial charge in [-0.3, -0.25) is 0 Å². The molecule has 3 rings (SSSR count). The molecule has 1 aromatic heterocycles. The van der Waals surface area contributed by atoms with Crippen molar-refractivity contribution in [1.82, 2.24) is 4.57 Å². The first kappa shape index (κ1) is 14.2. The van der Waals surface area contributed by atoms with Crippen molar-refractivity contribution in [2.24, 2.45) is 11.1 Å². The summed E-state index contributed by atoms with van der Waals surface area (Å²) in [4.78, 5) is 0. The van der Waals surface area contributed by atoms with E-state index >= 15 is 0 Å². The van der Waals surface area contributed by atoms with Gasteiger partial charge in [0.15, 0.2) is 0 Å². The molecule has 1 aliphatic rings. The maximum atomic E-state index is 6.34. The Bertz CT molecular complexity index is 625. The van der Waals surface area contributed by atoms with Crippen molar-refractivity contribution < 1.29 is 4.74 Å². The van der Waals surface area contributed by atoms with E-state index in [0.29, 0.717) is 0 Å². The van der Waals surface area contributed by atoms with Crippen LogP contribution in [0.3, 0.4) is 0 Å². The summed E-state index contributed by atoms with van der Waals surface area (Å²) in [6, 6.07) is 10.6. The summed E-state index contributed by atoms with van der Waals surface area (Å²) in [5.41, 5.74) is 10.6. The maximum Gasteiger partial charge on any atom is 0.118 e. The predicted octanol–water partition coefficient (Wildman–Crippen LogP) is 3.52. The Morgan fingerprint density at radius 2 is 1.95 bits per heavy atom. The van der Waals surface area contributed by atoms with E-state index in [9.17, 15) is 0 Å². The van der Waals surface area contributed by atoms with Crippen molar-refractivity contribution in [3.05, 3.63) is 53.3 Å². The molecule has 2 aromatic rings. The second-order valence-electron chi connectivity index (χ2n) is 6.85. The number of fused-ring (bicyclic) bond motifs is 1. The van der Waals surface area contributed by atoms with Gasteiger partial charge in [0, 0.05) is 24.5 Å². The van der Waals surface area contributed by atoms with Gasteiger partial charge in [0.05, 0.1) is 7.11 Å². The quantitative estimate of drug-likeness (QED) is 0.937. The van der Waals surface area contributed by atoms with E-state index in [1.165, 1.54) is 16.8 Å². The Kier molecular flexibility index (Phi) is 3.54. The zero-order chi connectivity index (χ0) is 15.0. The van der Waals surface area contributed by atoms with Gasteiger partial charge < -0.3 is 15.0 Å². The molecule has 0 amide bonds. The summed E-state index contributed by atoms with van der Waals surface area (Å²) in [6.45, 7) is 5.50. The second kappa shape index (κ2) is 5.23. The number of hydrogen-bond acceptors (Lipinski definition) is 2. The predicted molar refractivity (Wildman–Crippen MR) is 85.6 cm³/mol. The number of methoxy groups -OCH3 is 1. The lowest BCUT2D eigenvalue weighted by Crippen LogP contribution is -2.30. The third kappa shape index (κ3) is 2.84. The van der Waals surface area contributed by atoms with E-state index in [1.807, 2.05) is 12.1 Å². The number of aromatic nitrogens is 1. The molecule has 1 heterocycles. The highest BCUT2D eigenvalue weighted by Gasteiger charge is 2.32. The number of nitrogens with zero attached hydrogens (tertiary/aromatic N) is 1. The molecule has 0 spiro atoms. The Morgan fingerprint density at radius 3 is 2.62 bits per heavy atom. The van der Waals surface area contributed by atoms with E-state index in [-0.39, 0.29) is 11.5 Å². The minimum Gasteiger partial charge on any atom is -0.497 e. The Balaban J connectivity index is 1.87. The molecular weight excluding hydrogens is 260 g/mol. The molecule has 21 heavy (non-hydrogen) atoms. The van der Waals surface area contributed by atoms with Crippen molar-refractivity contribution in [2.45, 2.75) is 39.3 Å². The summed E-state index contributed by atoms with van der Waals surface area (Å²) in [6.07, 6.45) is 4.34. The lowest BCUT2D eigenvalue weighted by atomic mass is 9.74. The fourth-order valence-electron chi connectivity index (χ4n) is 3.37. The van der Waals surface area contributed by atoms with Crippen molar-refractivity contribution in [1.29, 1.82) is 0 Å². The smallest absolute Gasteiger partial charge is 0.118 e. The SMILES string of the molecule is COc1ccc(Cn2ccc3c2CC(C)(C)CC3N)cc1. The zero-order valence-electron chi connectivity index (χ0n) is 13.1. The van der Waals surface area contributed by atoms with Gasteiger partial charge in [0.2, 0.25) is 0 Å². The zero-order valence-corrected chi connectivity index (χ0v) is 13.1. The minimum atomic E-state index is 0.167. The fourth-order valence-corrected chi connectivity index (χ4v) is 3.37. The van der Waals surface area contributed by atoms with E-state index in [2.05, 4.69) is 42.8 Å². The first-order valence-corrected chi connectivity index (χ1v) is 7.55. The summed E-state index contributed by atoms with van der Waals surface area (Å²) < 4.78 is 7.56. The van der Waals surface area contributed by atoms with Gasteiger partial charge in [-0.2, -0.15) is 0 Å². The molecule has 0 fully saturated rings. The first-order valence-electron chi connectivity index (χ1n) is 7.55. The average molecular weight is 284 g/mol. The maximum absolute atomic E-state index is 6.34. The van der Waals surface area contributed by atoms with Crippen molar-refractivity contribution in [2.75, 3.05) is 7.11 Å². The van der Waals surface area contributed by atoms with Gasteiger partial charge in [-0.25, -0.2) is 0 Å². The molecule has 0 saturated carbocycles. The lowest BCUT2D eigenvalue weighted by molar-refractivity contribution is 0.276.